The first kappa shape index (κ1) is 20.2. The Kier molecular flexibility index (Phi) is 9.56. The van der Waals surface area contributed by atoms with E-state index in [0.29, 0.717) is 11.5 Å². The molecule has 2 N–H and O–H groups in total. The van der Waals surface area contributed by atoms with Crippen LogP contribution in [0.4, 0.5) is 0 Å². The Balaban J connectivity index is 2.28. The fraction of sp³-hybridized carbons (Fsp3) is 0.944. The molecule has 23 heavy (non-hydrogen) atoms. The predicted octanol–water partition coefficient (Wildman–Crippen LogP) is 2.48. The fourth-order valence-corrected chi connectivity index (χ4v) is 2.59. The normalized spacial score (nSPS) is 18.7. The van der Waals surface area contributed by atoms with E-state index in [1.54, 1.807) is 0 Å². The van der Waals surface area contributed by atoms with Crippen LogP contribution in [0.1, 0.15) is 53.9 Å². The van der Waals surface area contributed by atoms with Gasteiger partial charge in [0.25, 0.3) is 0 Å². The van der Waals surface area contributed by atoms with Gasteiger partial charge < -0.3 is 15.4 Å². The van der Waals surface area contributed by atoms with Crippen molar-refractivity contribution < 1.29 is 4.74 Å². The first-order chi connectivity index (χ1) is 10.9. The maximum absolute atomic E-state index is 5.38. The molecular formula is C18H38N4O. The zero-order chi connectivity index (χ0) is 17.1. The molecule has 136 valence electrons. The summed E-state index contributed by atoms with van der Waals surface area (Å²) in [7, 11) is 0. The minimum atomic E-state index is 0.392. The highest BCUT2D eigenvalue weighted by molar-refractivity contribution is 5.80. The van der Waals surface area contributed by atoms with E-state index in [9.17, 15) is 0 Å². The zero-order valence-corrected chi connectivity index (χ0v) is 16.0. The molecule has 1 unspecified atom stereocenters. The third-order valence-electron chi connectivity index (χ3n) is 4.06. The SMILES string of the molecule is CCNC(=NCCCN1CCOCC1)NC(C)CCC(C)(C)C. The highest BCUT2D eigenvalue weighted by atomic mass is 16.5. The van der Waals surface area contributed by atoms with Crippen molar-refractivity contribution in [3.8, 4) is 0 Å². The molecule has 5 nitrogen and oxygen atoms in total. The molecule has 5 heteroatoms. The second-order valence-corrected chi connectivity index (χ2v) is 7.71. The van der Waals surface area contributed by atoms with Gasteiger partial charge in [0.2, 0.25) is 0 Å². The van der Waals surface area contributed by atoms with E-state index in [1.807, 2.05) is 0 Å². The van der Waals surface area contributed by atoms with Crippen LogP contribution in [0.3, 0.4) is 0 Å². The van der Waals surface area contributed by atoms with Gasteiger partial charge in [-0.15, -0.1) is 0 Å². The molecule has 1 rings (SSSR count). The molecule has 0 aliphatic carbocycles. The van der Waals surface area contributed by atoms with E-state index < -0.39 is 0 Å². The minimum absolute atomic E-state index is 0.392. The van der Waals surface area contributed by atoms with Gasteiger partial charge in [0.1, 0.15) is 0 Å². The Labute approximate surface area is 143 Å². The molecule has 0 spiro atoms. The Hall–Kier alpha value is -0.810. The summed E-state index contributed by atoms with van der Waals surface area (Å²) in [5.74, 6) is 0.955. The van der Waals surface area contributed by atoms with Gasteiger partial charge in [-0.1, -0.05) is 20.8 Å². The summed E-state index contributed by atoms with van der Waals surface area (Å²) >= 11 is 0. The number of ether oxygens (including phenoxy) is 1. The van der Waals surface area contributed by atoms with Crippen molar-refractivity contribution in [3.63, 3.8) is 0 Å². The Morgan fingerprint density at radius 3 is 2.57 bits per heavy atom. The summed E-state index contributed by atoms with van der Waals surface area (Å²) < 4.78 is 5.38. The van der Waals surface area contributed by atoms with Crippen molar-refractivity contribution in [1.29, 1.82) is 0 Å². The minimum Gasteiger partial charge on any atom is -0.379 e. The van der Waals surface area contributed by atoms with Gasteiger partial charge in [-0.25, -0.2) is 0 Å². The molecule has 1 fully saturated rings. The standard InChI is InChI=1S/C18H38N4O/c1-6-19-17(21-16(2)8-9-18(3,4)5)20-10-7-11-22-12-14-23-15-13-22/h16H,6-15H2,1-5H3,(H2,19,20,21). The molecule has 0 aromatic heterocycles. The van der Waals surface area contributed by atoms with Crippen LogP contribution in [0.2, 0.25) is 0 Å². The number of nitrogens with one attached hydrogen (secondary N) is 2. The molecule has 0 saturated carbocycles. The van der Waals surface area contributed by atoms with Crippen molar-refractivity contribution >= 4 is 5.96 Å². The summed E-state index contributed by atoms with van der Waals surface area (Å²) in [5.41, 5.74) is 0.392. The third kappa shape index (κ3) is 10.6. The highest BCUT2D eigenvalue weighted by Crippen LogP contribution is 2.21. The van der Waals surface area contributed by atoms with Crippen LogP contribution in [0.15, 0.2) is 4.99 Å². The lowest BCUT2D eigenvalue weighted by Crippen LogP contribution is -2.42. The maximum atomic E-state index is 5.38. The predicted molar refractivity (Wildman–Crippen MR) is 99.1 cm³/mol. The Morgan fingerprint density at radius 2 is 1.96 bits per heavy atom. The highest BCUT2D eigenvalue weighted by Gasteiger charge is 2.13. The average Bonchev–Trinajstić information content (AvgIpc) is 2.50. The van der Waals surface area contributed by atoms with E-state index in [4.69, 9.17) is 9.73 Å². The summed E-state index contributed by atoms with van der Waals surface area (Å²) in [6, 6.07) is 0.450. The summed E-state index contributed by atoms with van der Waals surface area (Å²) in [6.45, 7) is 18.0. The van der Waals surface area contributed by atoms with Crippen LogP contribution >= 0.6 is 0 Å². The molecule has 1 atom stereocenters. The van der Waals surface area contributed by atoms with Crippen molar-refractivity contribution in [2.24, 2.45) is 10.4 Å². The Morgan fingerprint density at radius 1 is 1.26 bits per heavy atom. The fourth-order valence-electron chi connectivity index (χ4n) is 2.59. The lowest BCUT2D eigenvalue weighted by atomic mass is 9.89. The largest absolute Gasteiger partial charge is 0.379 e. The van der Waals surface area contributed by atoms with Crippen LogP contribution in [-0.2, 0) is 4.74 Å². The smallest absolute Gasteiger partial charge is 0.191 e. The molecule has 1 aliphatic heterocycles. The van der Waals surface area contributed by atoms with E-state index in [2.05, 4.69) is 50.2 Å². The lowest BCUT2D eigenvalue weighted by Gasteiger charge is -2.26. The maximum Gasteiger partial charge on any atom is 0.191 e. The Bertz CT molecular complexity index is 332. The number of morpholine rings is 1. The number of rotatable bonds is 8. The van der Waals surface area contributed by atoms with E-state index >= 15 is 0 Å². The summed E-state index contributed by atoms with van der Waals surface area (Å²) in [4.78, 5) is 7.18. The van der Waals surface area contributed by atoms with Crippen molar-refractivity contribution in [1.82, 2.24) is 15.5 Å². The number of nitrogens with zero attached hydrogens (tertiary/aromatic N) is 2. The van der Waals surface area contributed by atoms with Crippen LogP contribution < -0.4 is 10.6 Å². The van der Waals surface area contributed by atoms with E-state index in [1.165, 1.54) is 12.8 Å². The second-order valence-electron chi connectivity index (χ2n) is 7.71. The molecule has 1 aliphatic rings. The second kappa shape index (κ2) is 10.9. The first-order valence-electron chi connectivity index (χ1n) is 9.25. The van der Waals surface area contributed by atoms with E-state index in [-0.39, 0.29) is 0 Å². The number of aliphatic imine (C=N–C) groups is 1. The summed E-state index contributed by atoms with van der Waals surface area (Å²) in [6.07, 6.45) is 3.49. The number of hydrogen-bond donors (Lipinski definition) is 2. The van der Waals surface area contributed by atoms with Gasteiger partial charge in [0, 0.05) is 38.8 Å². The van der Waals surface area contributed by atoms with Gasteiger partial charge >= 0.3 is 0 Å². The van der Waals surface area contributed by atoms with Crippen molar-refractivity contribution in [2.45, 2.75) is 59.9 Å². The van der Waals surface area contributed by atoms with Crippen LogP contribution in [0.5, 0.6) is 0 Å². The lowest BCUT2D eigenvalue weighted by molar-refractivity contribution is 0.0377. The van der Waals surface area contributed by atoms with Crippen LogP contribution in [0, 0.1) is 5.41 Å². The average molecular weight is 327 g/mol. The van der Waals surface area contributed by atoms with Crippen molar-refractivity contribution in [2.75, 3.05) is 45.9 Å². The quantitative estimate of drug-likeness (QED) is 0.409. The topological polar surface area (TPSA) is 48.9 Å². The molecule has 0 bridgehead atoms. The number of hydrogen-bond acceptors (Lipinski definition) is 3. The zero-order valence-electron chi connectivity index (χ0n) is 16.0. The van der Waals surface area contributed by atoms with Crippen LogP contribution in [-0.4, -0.2) is 62.8 Å². The van der Waals surface area contributed by atoms with Gasteiger partial charge in [0.15, 0.2) is 5.96 Å². The molecular weight excluding hydrogens is 288 g/mol. The molecule has 0 aromatic carbocycles. The number of guanidine groups is 1. The first-order valence-corrected chi connectivity index (χ1v) is 9.25. The molecule has 0 radical (unpaired) electrons. The van der Waals surface area contributed by atoms with E-state index in [0.717, 1.165) is 58.3 Å². The molecule has 0 amide bonds. The molecule has 1 heterocycles. The van der Waals surface area contributed by atoms with Gasteiger partial charge in [-0.3, -0.25) is 9.89 Å². The van der Waals surface area contributed by atoms with Gasteiger partial charge in [-0.05, 0) is 38.5 Å². The van der Waals surface area contributed by atoms with Crippen molar-refractivity contribution in [3.05, 3.63) is 0 Å². The van der Waals surface area contributed by atoms with Gasteiger partial charge in [0.05, 0.1) is 13.2 Å². The monoisotopic (exact) mass is 326 g/mol. The third-order valence-corrected chi connectivity index (χ3v) is 4.06. The molecule has 1 saturated heterocycles. The summed E-state index contributed by atoms with van der Waals surface area (Å²) in [5, 5.41) is 6.89. The molecule has 0 aromatic rings. The van der Waals surface area contributed by atoms with Crippen LogP contribution in [0.25, 0.3) is 0 Å². The van der Waals surface area contributed by atoms with Gasteiger partial charge in [-0.2, -0.15) is 0 Å².